The van der Waals surface area contributed by atoms with Crippen molar-refractivity contribution >= 4 is 17.8 Å². The van der Waals surface area contributed by atoms with Gasteiger partial charge in [-0.3, -0.25) is 4.79 Å². The summed E-state index contributed by atoms with van der Waals surface area (Å²) in [6.07, 6.45) is 3.66. The molecule has 1 aliphatic heterocycles. The van der Waals surface area contributed by atoms with Crippen molar-refractivity contribution in [3.05, 3.63) is 11.8 Å². The number of anilines is 1. The molecular weight excluding hydrogens is 334 g/mol. The minimum atomic E-state index is -0.361. The van der Waals surface area contributed by atoms with Crippen LogP contribution >= 0.6 is 0 Å². The molecule has 1 fully saturated rings. The Morgan fingerprint density at radius 1 is 1.27 bits per heavy atom. The van der Waals surface area contributed by atoms with Crippen LogP contribution in [-0.2, 0) is 4.79 Å². The zero-order valence-electron chi connectivity index (χ0n) is 16.3. The Morgan fingerprint density at radius 2 is 1.96 bits per heavy atom. The third kappa shape index (κ3) is 7.03. The standard InChI is InChI=1S/C18H31N5O3/c1-14-12-15(21-26-14)19-16(24)13-23(17(25)20-18(2,3)4)11-10-22-8-6-5-7-9-22/h12H,5-11,13H2,1-4H3,(H,20,25)(H,19,21,24). The van der Waals surface area contributed by atoms with E-state index in [1.807, 2.05) is 20.8 Å². The monoisotopic (exact) mass is 365 g/mol. The van der Waals surface area contributed by atoms with Crippen LogP contribution in [0, 0.1) is 6.92 Å². The molecular formula is C18H31N5O3. The zero-order valence-corrected chi connectivity index (χ0v) is 16.3. The molecule has 146 valence electrons. The fourth-order valence-corrected chi connectivity index (χ4v) is 2.88. The average molecular weight is 365 g/mol. The van der Waals surface area contributed by atoms with Crippen molar-refractivity contribution in [3.8, 4) is 0 Å². The lowest BCUT2D eigenvalue weighted by Crippen LogP contribution is -2.52. The van der Waals surface area contributed by atoms with E-state index in [4.69, 9.17) is 4.52 Å². The number of urea groups is 1. The van der Waals surface area contributed by atoms with Gasteiger partial charge in [-0.2, -0.15) is 0 Å². The summed E-state index contributed by atoms with van der Waals surface area (Å²) in [7, 11) is 0. The molecule has 1 aliphatic rings. The van der Waals surface area contributed by atoms with Crippen LogP contribution in [-0.4, -0.2) is 65.2 Å². The van der Waals surface area contributed by atoms with Gasteiger partial charge in [0.25, 0.3) is 0 Å². The van der Waals surface area contributed by atoms with Crippen LogP contribution in [0.2, 0.25) is 0 Å². The maximum absolute atomic E-state index is 12.6. The molecule has 0 spiro atoms. The van der Waals surface area contributed by atoms with Crippen molar-refractivity contribution in [1.82, 2.24) is 20.3 Å². The van der Waals surface area contributed by atoms with Crippen molar-refractivity contribution in [2.24, 2.45) is 0 Å². The summed E-state index contributed by atoms with van der Waals surface area (Å²) in [6, 6.07) is 1.41. The minimum Gasteiger partial charge on any atom is -0.360 e. The fraction of sp³-hybridized carbons (Fsp3) is 0.722. The lowest BCUT2D eigenvalue weighted by molar-refractivity contribution is -0.116. The summed E-state index contributed by atoms with van der Waals surface area (Å²) in [6.45, 7) is 10.9. The number of aromatic nitrogens is 1. The van der Waals surface area contributed by atoms with Crippen molar-refractivity contribution in [2.75, 3.05) is 38.0 Å². The van der Waals surface area contributed by atoms with Gasteiger partial charge < -0.3 is 25.0 Å². The van der Waals surface area contributed by atoms with E-state index >= 15 is 0 Å². The van der Waals surface area contributed by atoms with Gasteiger partial charge in [-0.25, -0.2) is 4.79 Å². The van der Waals surface area contributed by atoms with Gasteiger partial charge in [0.15, 0.2) is 5.82 Å². The number of rotatable bonds is 6. The molecule has 3 amide bonds. The Morgan fingerprint density at radius 3 is 2.54 bits per heavy atom. The summed E-state index contributed by atoms with van der Waals surface area (Å²) < 4.78 is 4.95. The predicted molar refractivity (Wildman–Crippen MR) is 100 cm³/mol. The predicted octanol–water partition coefficient (Wildman–Crippen LogP) is 2.22. The first kappa shape index (κ1) is 20.2. The number of hydrogen-bond donors (Lipinski definition) is 2. The highest BCUT2D eigenvalue weighted by Crippen LogP contribution is 2.10. The first-order valence-corrected chi connectivity index (χ1v) is 9.25. The number of hydrogen-bond acceptors (Lipinski definition) is 5. The molecule has 0 saturated carbocycles. The zero-order chi connectivity index (χ0) is 19.2. The molecule has 1 aromatic rings. The normalized spacial score (nSPS) is 15.5. The molecule has 1 saturated heterocycles. The molecule has 2 heterocycles. The van der Waals surface area contributed by atoms with E-state index in [1.165, 1.54) is 19.3 Å². The van der Waals surface area contributed by atoms with E-state index in [0.717, 1.165) is 19.6 Å². The lowest BCUT2D eigenvalue weighted by Gasteiger charge is -2.31. The van der Waals surface area contributed by atoms with E-state index in [9.17, 15) is 9.59 Å². The second-order valence-corrected chi connectivity index (χ2v) is 7.87. The van der Waals surface area contributed by atoms with Gasteiger partial charge in [-0.15, -0.1) is 0 Å². The average Bonchev–Trinajstić information content (AvgIpc) is 2.95. The van der Waals surface area contributed by atoms with Gasteiger partial charge in [0, 0.05) is 24.7 Å². The fourth-order valence-electron chi connectivity index (χ4n) is 2.88. The number of nitrogens with zero attached hydrogens (tertiary/aromatic N) is 3. The van der Waals surface area contributed by atoms with Crippen LogP contribution in [0.4, 0.5) is 10.6 Å². The van der Waals surface area contributed by atoms with Gasteiger partial charge in [-0.1, -0.05) is 11.6 Å². The third-order valence-corrected chi connectivity index (χ3v) is 4.13. The van der Waals surface area contributed by atoms with Gasteiger partial charge in [0.2, 0.25) is 5.91 Å². The molecule has 0 aromatic carbocycles. The maximum Gasteiger partial charge on any atom is 0.318 e. The minimum absolute atomic E-state index is 0.0261. The quantitative estimate of drug-likeness (QED) is 0.807. The van der Waals surface area contributed by atoms with Crippen molar-refractivity contribution in [2.45, 2.75) is 52.5 Å². The van der Waals surface area contributed by atoms with Crippen molar-refractivity contribution in [1.29, 1.82) is 0 Å². The molecule has 0 atom stereocenters. The van der Waals surface area contributed by atoms with Crippen molar-refractivity contribution in [3.63, 3.8) is 0 Å². The third-order valence-electron chi connectivity index (χ3n) is 4.13. The molecule has 0 unspecified atom stereocenters. The maximum atomic E-state index is 12.6. The summed E-state index contributed by atoms with van der Waals surface area (Å²) >= 11 is 0. The van der Waals surface area contributed by atoms with E-state index < -0.39 is 0 Å². The van der Waals surface area contributed by atoms with Crippen LogP contribution in [0.5, 0.6) is 0 Å². The number of carbonyl (C=O) groups excluding carboxylic acids is 2. The summed E-state index contributed by atoms with van der Waals surface area (Å²) in [5.74, 6) is 0.688. The summed E-state index contributed by atoms with van der Waals surface area (Å²) in [5.41, 5.74) is -0.361. The molecule has 1 aromatic heterocycles. The van der Waals surface area contributed by atoms with E-state index in [0.29, 0.717) is 18.1 Å². The topological polar surface area (TPSA) is 90.7 Å². The Kier molecular flexibility index (Phi) is 7.02. The van der Waals surface area contributed by atoms with E-state index in [2.05, 4.69) is 20.7 Å². The first-order valence-electron chi connectivity index (χ1n) is 9.25. The number of nitrogens with one attached hydrogen (secondary N) is 2. The molecule has 0 radical (unpaired) electrons. The highest BCUT2D eigenvalue weighted by atomic mass is 16.5. The number of amides is 3. The number of aryl methyl sites for hydroxylation is 1. The highest BCUT2D eigenvalue weighted by Gasteiger charge is 2.23. The molecule has 8 nitrogen and oxygen atoms in total. The lowest BCUT2D eigenvalue weighted by atomic mass is 10.1. The summed E-state index contributed by atoms with van der Waals surface area (Å²) in [4.78, 5) is 28.8. The van der Waals surface area contributed by atoms with Crippen LogP contribution < -0.4 is 10.6 Å². The Hall–Kier alpha value is -2.09. The van der Waals surface area contributed by atoms with Crippen molar-refractivity contribution < 1.29 is 14.1 Å². The molecule has 0 bridgehead atoms. The molecule has 8 heteroatoms. The second-order valence-electron chi connectivity index (χ2n) is 7.87. The van der Waals surface area contributed by atoms with Crippen LogP contribution in [0.25, 0.3) is 0 Å². The van der Waals surface area contributed by atoms with Gasteiger partial charge in [-0.05, 0) is 53.6 Å². The van der Waals surface area contributed by atoms with E-state index in [1.54, 1.807) is 17.9 Å². The number of likely N-dealkylation sites (tertiary alicyclic amines) is 1. The second kappa shape index (κ2) is 9.02. The molecule has 2 N–H and O–H groups in total. The smallest absolute Gasteiger partial charge is 0.318 e. The van der Waals surface area contributed by atoms with Crippen LogP contribution in [0.3, 0.4) is 0 Å². The van der Waals surface area contributed by atoms with Gasteiger partial charge >= 0.3 is 6.03 Å². The Labute approximate surface area is 155 Å². The highest BCUT2D eigenvalue weighted by molar-refractivity contribution is 5.93. The molecule has 0 aliphatic carbocycles. The van der Waals surface area contributed by atoms with Gasteiger partial charge in [0.1, 0.15) is 12.3 Å². The Bertz CT molecular complexity index is 602. The summed E-state index contributed by atoms with van der Waals surface area (Å²) in [5, 5.41) is 9.36. The number of carbonyl (C=O) groups is 2. The number of piperidine rings is 1. The van der Waals surface area contributed by atoms with Crippen LogP contribution in [0.1, 0.15) is 45.8 Å². The largest absolute Gasteiger partial charge is 0.360 e. The van der Waals surface area contributed by atoms with Crippen LogP contribution in [0.15, 0.2) is 10.6 Å². The molecule has 2 rings (SSSR count). The molecule has 26 heavy (non-hydrogen) atoms. The first-order chi connectivity index (χ1) is 12.2. The SMILES string of the molecule is Cc1cc(NC(=O)CN(CCN2CCCCC2)C(=O)NC(C)(C)C)no1. The van der Waals surface area contributed by atoms with E-state index in [-0.39, 0.29) is 24.0 Å². The Balaban J connectivity index is 1.93. The van der Waals surface area contributed by atoms with Gasteiger partial charge in [0.05, 0.1) is 0 Å².